The lowest BCUT2D eigenvalue weighted by Gasteiger charge is -1.93. The molecule has 2 aromatic rings. The molecule has 0 bridgehead atoms. The molecule has 0 aliphatic rings. The summed E-state index contributed by atoms with van der Waals surface area (Å²) < 4.78 is 5.49. The number of H-pyrrole nitrogens is 1. The fourth-order valence-electron chi connectivity index (χ4n) is 1.45. The topological polar surface area (TPSA) is 53.9 Å². The first-order valence-electron chi connectivity index (χ1n) is 5.05. The summed E-state index contributed by atoms with van der Waals surface area (Å²) in [6, 6.07) is 5.90. The van der Waals surface area contributed by atoms with E-state index in [1.54, 1.807) is 0 Å². The zero-order valence-electron chi connectivity index (χ0n) is 9.00. The normalized spacial score (nSPS) is 10.8. The molecular formula is C11H15N3O. The summed E-state index contributed by atoms with van der Waals surface area (Å²) in [6.07, 6.45) is 0.948. The van der Waals surface area contributed by atoms with Crippen LogP contribution in [0.5, 0.6) is 0 Å². The van der Waals surface area contributed by atoms with Gasteiger partial charge in [0.25, 0.3) is 0 Å². The van der Waals surface area contributed by atoms with Crippen LogP contribution in [0.4, 0.5) is 0 Å². The van der Waals surface area contributed by atoms with E-state index in [2.05, 4.69) is 15.5 Å². The molecule has 0 spiro atoms. The van der Waals surface area contributed by atoms with E-state index in [-0.39, 0.29) is 0 Å². The number of rotatable bonds is 4. The first-order chi connectivity index (χ1) is 7.29. The maximum atomic E-state index is 5.49. The highest BCUT2D eigenvalue weighted by Crippen LogP contribution is 2.20. The Balaban J connectivity index is 2.13. The van der Waals surface area contributed by atoms with Crippen LogP contribution in [0.25, 0.3) is 11.5 Å². The zero-order valence-corrected chi connectivity index (χ0v) is 9.00. The van der Waals surface area contributed by atoms with Crippen LogP contribution in [0.15, 0.2) is 22.6 Å². The third-order valence-electron chi connectivity index (χ3n) is 2.27. The molecule has 15 heavy (non-hydrogen) atoms. The zero-order chi connectivity index (χ0) is 10.7. The molecule has 0 aliphatic heterocycles. The number of nitrogens with zero attached hydrogens (tertiary/aromatic N) is 1. The van der Waals surface area contributed by atoms with E-state index in [0.717, 1.165) is 35.9 Å². The minimum Gasteiger partial charge on any atom is -0.460 e. The predicted molar refractivity (Wildman–Crippen MR) is 58.7 cm³/mol. The first-order valence-corrected chi connectivity index (χ1v) is 5.05. The maximum absolute atomic E-state index is 5.49. The van der Waals surface area contributed by atoms with E-state index >= 15 is 0 Å². The van der Waals surface area contributed by atoms with Crippen molar-refractivity contribution in [2.24, 2.45) is 0 Å². The third kappa shape index (κ3) is 2.27. The Bertz CT molecular complexity index is 430. The number of hydrogen-bond donors (Lipinski definition) is 2. The lowest BCUT2D eigenvalue weighted by atomic mass is 10.2. The molecule has 0 aromatic carbocycles. The predicted octanol–water partition coefficient (Wildman–Crippen LogP) is 1.74. The number of nitrogens with one attached hydrogen (secondary N) is 2. The van der Waals surface area contributed by atoms with Crippen molar-refractivity contribution < 1.29 is 4.42 Å². The Kier molecular flexibility index (Phi) is 2.87. The average Bonchev–Trinajstić information content (AvgIpc) is 2.83. The van der Waals surface area contributed by atoms with Gasteiger partial charge >= 0.3 is 0 Å². The summed E-state index contributed by atoms with van der Waals surface area (Å²) in [6.45, 7) is 2.87. The van der Waals surface area contributed by atoms with E-state index in [1.165, 1.54) is 0 Å². The van der Waals surface area contributed by atoms with Crippen LogP contribution in [0.3, 0.4) is 0 Å². The molecular weight excluding hydrogens is 190 g/mol. The Morgan fingerprint density at radius 2 is 2.33 bits per heavy atom. The van der Waals surface area contributed by atoms with Gasteiger partial charge in [-0.15, -0.1) is 0 Å². The van der Waals surface area contributed by atoms with Crippen molar-refractivity contribution in [3.05, 3.63) is 29.7 Å². The van der Waals surface area contributed by atoms with Gasteiger partial charge in [0.2, 0.25) is 0 Å². The molecule has 2 N–H and O–H groups in total. The Labute approximate surface area is 88.7 Å². The number of hydrogen-bond acceptors (Lipinski definition) is 3. The lowest BCUT2D eigenvalue weighted by molar-refractivity contribution is 0.546. The lowest BCUT2D eigenvalue weighted by Crippen LogP contribution is -2.10. The minimum atomic E-state index is 0.819. The quantitative estimate of drug-likeness (QED) is 0.799. The summed E-state index contributed by atoms with van der Waals surface area (Å²) in [5.41, 5.74) is 1.99. The molecule has 0 amide bonds. The molecule has 4 heteroatoms. The van der Waals surface area contributed by atoms with Crippen molar-refractivity contribution in [1.82, 2.24) is 15.5 Å². The molecule has 2 rings (SSSR count). The van der Waals surface area contributed by atoms with E-state index in [1.807, 2.05) is 32.2 Å². The van der Waals surface area contributed by atoms with Gasteiger partial charge in [-0.1, -0.05) is 0 Å². The molecule has 4 nitrogen and oxygen atoms in total. The van der Waals surface area contributed by atoms with Crippen molar-refractivity contribution in [2.75, 3.05) is 13.6 Å². The van der Waals surface area contributed by atoms with Crippen molar-refractivity contribution in [3.63, 3.8) is 0 Å². The number of furan rings is 1. The smallest absolute Gasteiger partial charge is 0.154 e. The third-order valence-corrected chi connectivity index (χ3v) is 2.27. The van der Waals surface area contributed by atoms with Gasteiger partial charge in [-0.2, -0.15) is 5.10 Å². The van der Waals surface area contributed by atoms with Crippen molar-refractivity contribution in [1.29, 1.82) is 0 Å². The highest BCUT2D eigenvalue weighted by Gasteiger charge is 2.06. The number of likely N-dealkylation sites (N-methyl/N-ethyl adjacent to an activating group) is 1. The monoisotopic (exact) mass is 205 g/mol. The second-order valence-corrected chi connectivity index (χ2v) is 3.54. The number of aryl methyl sites for hydroxylation is 1. The van der Waals surface area contributed by atoms with Crippen molar-refractivity contribution in [2.45, 2.75) is 13.3 Å². The van der Waals surface area contributed by atoms with E-state index in [9.17, 15) is 0 Å². The van der Waals surface area contributed by atoms with Gasteiger partial charge in [-0.05, 0) is 32.2 Å². The van der Waals surface area contributed by atoms with Gasteiger partial charge in [-0.3, -0.25) is 5.10 Å². The van der Waals surface area contributed by atoms with Crippen LogP contribution in [0, 0.1) is 6.92 Å². The fourth-order valence-corrected chi connectivity index (χ4v) is 1.45. The molecule has 0 aliphatic carbocycles. The Morgan fingerprint density at radius 1 is 1.47 bits per heavy atom. The maximum Gasteiger partial charge on any atom is 0.154 e. The van der Waals surface area contributed by atoms with Crippen LogP contribution in [0.1, 0.15) is 11.5 Å². The summed E-state index contributed by atoms with van der Waals surface area (Å²) in [4.78, 5) is 0. The second kappa shape index (κ2) is 4.31. The van der Waals surface area contributed by atoms with Gasteiger partial charge in [0.1, 0.15) is 11.5 Å². The number of aromatic amines is 1. The molecule has 0 radical (unpaired) electrons. The highest BCUT2D eigenvalue weighted by atomic mass is 16.3. The van der Waals surface area contributed by atoms with Gasteiger partial charge in [0, 0.05) is 18.7 Å². The van der Waals surface area contributed by atoms with Crippen LogP contribution >= 0.6 is 0 Å². The van der Waals surface area contributed by atoms with Crippen LogP contribution < -0.4 is 5.32 Å². The molecule has 2 aromatic heterocycles. The molecule has 0 atom stereocenters. The summed E-state index contributed by atoms with van der Waals surface area (Å²) in [5, 5.41) is 10.3. The van der Waals surface area contributed by atoms with Gasteiger partial charge in [0.05, 0.1) is 0 Å². The average molecular weight is 205 g/mol. The largest absolute Gasteiger partial charge is 0.460 e. The summed E-state index contributed by atoms with van der Waals surface area (Å²) in [7, 11) is 1.94. The Hall–Kier alpha value is -1.55. The van der Waals surface area contributed by atoms with Crippen LogP contribution in [0.2, 0.25) is 0 Å². The molecule has 0 unspecified atom stereocenters. The van der Waals surface area contributed by atoms with Crippen molar-refractivity contribution >= 4 is 0 Å². The Morgan fingerprint density at radius 3 is 3.00 bits per heavy atom. The van der Waals surface area contributed by atoms with Crippen molar-refractivity contribution in [3.8, 4) is 11.5 Å². The molecule has 80 valence electrons. The van der Waals surface area contributed by atoms with Crippen LogP contribution in [-0.2, 0) is 6.42 Å². The van der Waals surface area contributed by atoms with Gasteiger partial charge in [0.15, 0.2) is 5.76 Å². The first kappa shape index (κ1) is 9.98. The van der Waals surface area contributed by atoms with E-state index < -0.39 is 0 Å². The molecule has 0 saturated heterocycles. The van der Waals surface area contributed by atoms with E-state index in [0.29, 0.717) is 0 Å². The fraction of sp³-hybridized carbons (Fsp3) is 0.364. The number of aromatic nitrogens is 2. The van der Waals surface area contributed by atoms with Crippen LogP contribution in [-0.4, -0.2) is 23.8 Å². The molecule has 0 fully saturated rings. The molecule has 2 heterocycles. The van der Waals surface area contributed by atoms with E-state index in [4.69, 9.17) is 4.42 Å². The summed E-state index contributed by atoms with van der Waals surface area (Å²) in [5.74, 6) is 1.73. The molecule has 0 saturated carbocycles. The van der Waals surface area contributed by atoms with Gasteiger partial charge < -0.3 is 9.73 Å². The highest BCUT2D eigenvalue weighted by molar-refractivity contribution is 5.52. The van der Waals surface area contributed by atoms with Gasteiger partial charge in [-0.25, -0.2) is 0 Å². The second-order valence-electron chi connectivity index (χ2n) is 3.54. The minimum absolute atomic E-state index is 0.819. The SMILES string of the molecule is CNCCc1cc(-c2ccc(C)o2)n[nH]1. The summed E-state index contributed by atoms with van der Waals surface area (Å²) >= 11 is 0. The standard InChI is InChI=1S/C11H15N3O/c1-8-3-4-11(15-8)10-7-9(13-14-10)5-6-12-2/h3-4,7,12H,5-6H2,1-2H3,(H,13,14).